The van der Waals surface area contributed by atoms with E-state index in [4.69, 9.17) is 11.6 Å². The molecule has 0 aromatic heterocycles. The zero-order chi connectivity index (χ0) is 19.8. The Hall–Kier alpha value is -1.10. The lowest BCUT2D eigenvalue weighted by atomic mass is 9.49. The molecule has 1 amide bonds. The van der Waals surface area contributed by atoms with Crippen molar-refractivity contribution in [2.24, 2.45) is 23.2 Å². The molecule has 1 saturated heterocycles. The van der Waals surface area contributed by atoms with Crippen LogP contribution >= 0.6 is 11.6 Å². The Bertz CT molecular complexity index is 723. The van der Waals surface area contributed by atoms with Crippen LogP contribution in [0.15, 0.2) is 18.2 Å². The van der Waals surface area contributed by atoms with Crippen molar-refractivity contribution in [2.45, 2.75) is 44.9 Å². The standard InChI is InChI=1S/C24H34ClN3O/c25-22-2-1-17(3-6-28-7-4-26-5-8-28)12-21(22)23(29)27-16-24-13-18-9-19(14-24)11-20(10-18)15-24/h1-2,12,18-20,26H,3-11,13-16H2,(H,27,29). The predicted octanol–water partition coefficient (Wildman–Crippen LogP) is 3.73. The molecular formula is C24H34ClN3O. The van der Waals surface area contributed by atoms with Crippen LogP contribution in [-0.4, -0.2) is 50.1 Å². The largest absolute Gasteiger partial charge is 0.351 e. The molecule has 1 aliphatic heterocycles. The summed E-state index contributed by atoms with van der Waals surface area (Å²) < 4.78 is 0. The molecule has 5 heteroatoms. The highest BCUT2D eigenvalue weighted by Gasteiger charge is 2.50. The van der Waals surface area contributed by atoms with Gasteiger partial charge in [-0.1, -0.05) is 17.7 Å². The van der Waals surface area contributed by atoms with Gasteiger partial charge in [0.05, 0.1) is 10.6 Å². The molecule has 1 aromatic rings. The van der Waals surface area contributed by atoms with E-state index in [2.05, 4.69) is 21.6 Å². The van der Waals surface area contributed by atoms with Crippen molar-refractivity contribution in [3.63, 3.8) is 0 Å². The molecule has 0 spiro atoms. The van der Waals surface area contributed by atoms with Crippen LogP contribution in [0.2, 0.25) is 5.02 Å². The molecule has 0 unspecified atom stereocenters. The Balaban J connectivity index is 1.20. The number of nitrogens with one attached hydrogen (secondary N) is 2. The normalized spacial score (nSPS) is 33.8. The molecule has 2 N–H and O–H groups in total. The number of hydrogen-bond donors (Lipinski definition) is 2. The van der Waals surface area contributed by atoms with Crippen molar-refractivity contribution in [3.05, 3.63) is 34.3 Å². The molecule has 29 heavy (non-hydrogen) atoms. The van der Waals surface area contributed by atoms with E-state index in [9.17, 15) is 4.79 Å². The molecule has 4 bridgehead atoms. The summed E-state index contributed by atoms with van der Waals surface area (Å²) in [6.07, 6.45) is 9.23. The van der Waals surface area contributed by atoms with Gasteiger partial charge in [0.25, 0.3) is 5.91 Å². The molecule has 1 aromatic carbocycles. The molecule has 158 valence electrons. The Labute approximate surface area is 179 Å². The fraction of sp³-hybridized carbons (Fsp3) is 0.708. The number of rotatable bonds is 6. The molecule has 4 saturated carbocycles. The van der Waals surface area contributed by atoms with E-state index in [-0.39, 0.29) is 5.91 Å². The summed E-state index contributed by atoms with van der Waals surface area (Å²) in [6, 6.07) is 5.98. The second-order valence-electron chi connectivity index (χ2n) is 10.3. The van der Waals surface area contributed by atoms with E-state index >= 15 is 0 Å². The van der Waals surface area contributed by atoms with E-state index < -0.39 is 0 Å². The van der Waals surface area contributed by atoms with Crippen LogP contribution < -0.4 is 10.6 Å². The van der Waals surface area contributed by atoms with Gasteiger partial charge in [0.15, 0.2) is 0 Å². The van der Waals surface area contributed by atoms with Gasteiger partial charge in [0.1, 0.15) is 0 Å². The van der Waals surface area contributed by atoms with Gasteiger partial charge in [0, 0.05) is 39.3 Å². The molecule has 1 heterocycles. The summed E-state index contributed by atoms with van der Waals surface area (Å²) in [5.74, 6) is 2.75. The lowest BCUT2D eigenvalue weighted by molar-refractivity contribution is -0.0503. The molecule has 4 aliphatic carbocycles. The summed E-state index contributed by atoms with van der Waals surface area (Å²) in [6.45, 7) is 6.21. The van der Waals surface area contributed by atoms with Crippen molar-refractivity contribution in [1.82, 2.24) is 15.5 Å². The molecule has 5 fully saturated rings. The molecule has 0 atom stereocenters. The van der Waals surface area contributed by atoms with Crippen LogP contribution in [0, 0.1) is 23.2 Å². The minimum atomic E-state index is 0.00904. The van der Waals surface area contributed by atoms with Crippen molar-refractivity contribution < 1.29 is 4.79 Å². The number of halogens is 1. The van der Waals surface area contributed by atoms with Crippen LogP contribution in [0.3, 0.4) is 0 Å². The van der Waals surface area contributed by atoms with Gasteiger partial charge < -0.3 is 15.5 Å². The second-order valence-corrected chi connectivity index (χ2v) is 10.7. The maximum Gasteiger partial charge on any atom is 0.252 e. The Morgan fingerprint density at radius 1 is 1.10 bits per heavy atom. The number of carbonyl (C=O) groups excluding carboxylic acids is 1. The third-order valence-corrected chi connectivity index (χ3v) is 8.32. The molecule has 4 nitrogen and oxygen atoms in total. The quantitative estimate of drug-likeness (QED) is 0.743. The zero-order valence-corrected chi connectivity index (χ0v) is 18.1. The zero-order valence-electron chi connectivity index (χ0n) is 17.4. The topological polar surface area (TPSA) is 44.4 Å². The molecular weight excluding hydrogens is 382 g/mol. The molecule has 6 rings (SSSR count). The van der Waals surface area contributed by atoms with Gasteiger partial charge in [-0.15, -0.1) is 0 Å². The fourth-order valence-electron chi connectivity index (χ4n) is 6.99. The van der Waals surface area contributed by atoms with Gasteiger partial charge in [-0.25, -0.2) is 0 Å². The number of nitrogens with zero attached hydrogens (tertiary/aromatic N) is 1. The van der Waals surface area contributed by atoms with E-state index in [1.54, 1.807) is 0 Å². The number of amides is 1. The van der Waals surface area contributed by atoms with Gasteiger partial charge >= 0.3 is 0 Å². The van der Waals surface area contributed by atoms with E-state index in [1.165, 1.54) is 44.1 Å². The lowest BCUT2D eigenvalue weighted by Gasteiger charge is -2.56. The van der Waals surface area contributed by atoms with Gasteiger partial charge in [0.2, 0.25) is 0 Å². The van der Waals surface area contributed by atoms with E-state index in [0.717, 1.165) is 63.4 Å². The monoisotopic (exact) mass is 415 g/mol. The summed E-state index contributed by atoms with van der Waals surface area (Å²) in [5.41, 5.74) is 2.21. The highest BCUT2D eigenvalue weighted by molar-refractivity contribution is 6.33. The number of hydrogen-bond acceptors (Lipinski definition) is 3. The predicted molar refractivity (Wildman–Crippen MR) is 117 cm³/mol. The first kappa shape index (κ1) is 19.8. The average Bonchev–Trinajstić information content (AvgIpc) is 2.71. The number of carbonyl (C=O) groups is 1. The Morgan fingerprint density at radius 2 is 1.76 bits per heavy atom. The SMILES string of the molecule is O=C(NCC12CC3CC(CC(C3)C1)C2)c1cc(CCN2CCNCC2)ccc1Cl. The lowest BCUT2D eigenvalue weighted by Crippen LogP contribution is -2.51. The van der Waals surface area contributed by atoms with Crippen LogP contribution in [0.4, 0.5) is 0 Å². The van der Waals surface area contributed by atoms with Gasteiger partial charge in [-0.2, -0.15) is 0 Å². The van der Waals surface area contributed by atoms with Crippen LogP contribution in [-0.2, 0) is 6.42 Å². The van der Waals surface area contributed by atoms with Crippen LogP contribution in [0.25, 0.3) is 0 Å². The smallest absolute Gasteiger partial charge is 0.252 e. The average molecular weight is 416 g/mol. The highest BCUT2D eigenvalue weighted by Crippen LogP contribution is 2.59. The first-order chi connectivity index (χ1) is 14.1. The maximum atomic E-state index is 13.0. The summed E-state index contributed by atoms with van der Waals surface area (Å²) in [5, 5.41) is 7.25. The van der Waals surface area contributed by atoms with Crippen molar-refractivity contribution in [3.8, 4) is 0 Å². The first-order valence-electron chi connectivity index (χ1n) is 11.6. The number of benzene rings is 1. The Morgan fingerprint density at radius 3 is 2.41 bits per heavy atom. The fourth-order valence-corrected chi connectivity index (χ4v) is 7.20. The molecule has 5 aliphatic rings. The van der Waals surface area contributed by atoms with Gasteiger partial charge in [-0.3, -0.25) is 4.79 Å². The Kier molecular flexibility index (Phi) is 5.61. The van der Waals surface area contributed by atoms with Crippen molar-refractivity contribution >= 4 is 17.5 Å². The summed E-state index contributed by atoms with van der Waals surface area (Å²) in [7, 11) is 0. The minimum Gasteiger partial charge on any atom is -0.351 e. The highest BCUT2D eigenvalue weighted by atomic mass is 35.5. The third kappa shape index (κ3) is 4.35. The van der Waals surface area contributed by atoms with Crippen LogP contribution in [0.5, 0.6) is 0 Å². The first-order valence-corrected chi connectivity index (χ1v) is 12.0. The minimum absolute atomic E-state index is 0.00904. The third-order valence-electron chi connectivity index (χ3n) is 7.99. The van der Waals surface area contributed by atoms with Crippen molar-refractivity contribution in [1.29, 1.82) is 0 Å². The maximum absolute atomic E-state index is 13.0. The van der Waals surface area contributed by atoms with Gasteiger partial charge in [-0.05, 0) is 85.8 Å². The molecule has 0 radical (unpaired) electrons. The number of piperazine rings is 1. The van der Waals surface area contributed by atoms with E-state index in [1.807, 2.05) is 12.1 Å². The van der Waals surface area contributed by atoms with E-state index in [0.29, 0.717) is 16.0 Å². The van der Waals surface area contributed by atoms with Crippen molar-refractivity contribution in [2.75, 3.05) is 39.3 Å². The summed E-state index contributed by atoms with van der Waals surface area (Å²) >= 11 is 6.42. The van der Waals surface area contributed by atoms with Crippen LogP contribution in [0.1, 0.15) is 54.4 Å². The summed E-state index contributed by atoms with van der Waals surface area (Å²) in [4.78, 5) is 15.5. The second kappa shape index (κ2) is 8.20.